The first-order valence-electron chi connectivity index (χ1n) is 7.67. The number of amidine groups is 1. The quantitative estimate of drug-likeness (QED) is 0.873. The molecule has 3 rings (SSSR count). The zero-order valence-electron chi connectivity index (χ0n) is 13.0. The largest absolute Gasteiger partial charge is 0.349 e. The van der Waals surface area contributed by atoms with Gasteiger partial charge in [0, 0.05) is 25.7 Å². The summed E-state index contributed by atoms with van der Waals surface area (Å²) in [5, 5.41) is 1.92. The molecule has 0 bridgehead atoms. The predicted octanol–water partition coefficient (Wildman–Crippen LogP) is 0.584. The van der Waals surface area contributed by atoms with Gasteiger partial charge in [0.25, 0.3) is 15.9 Å². The van der Waals surface area contributed by atoms with Gasteiger partial charge in [-0.2, -0.15) is 8.42 Å². The number of fused-ring (bicyclic) bond motifs is 1. The van der Waals surface area contributed by atoms with E-state index in [1.807, 2.05) is 5.01 Å². The molecule has 0 radical (unpaired) electrons. The first kappa shape index (κ1) is 15.9. The fourth-order valence-corrected chi connectivity index (χ4v) is 4.12. The van der Waals surface area contributed by atoms with Gasteiger partial charge in [-0.1, -0.05) is 18.6 Å². The van der Waals surface area contributed by atoms with Crippen molar-refractivity contribution in [3.8, 4) is 0 Å². The molecule has 0 aliphatic carbocycles. The summed E-state index contributed by atoms with van der Waals surface area (Å²) < 4.78 is 27.9. The number of hydrogen-bond donors (Lipinski definition) is 1. The molecule has 0 spiro atoms. The molecule has 1 amide bonds. The minimum Gasteiger partial charge on any atom is -0.349 e. The van der Waals surface area contributed by atoms with E-state index in [-0.39, 0.29) is 17.3 Å². The fraction of sp³-hybridized carbons (Fsp3) is 0.467. The Morgan fingerprint density at radius 3 is 2.70 bits per heavy atom. The molecule has 1 saturated heterocycles. The molecule has 0 saturated carbocycles. The lowest BCUT2D eigenvalue weighted by molar-refractivity contribution is -0.126. The third-order valence-electron chi connectivity index (χ3n) is 3.99. The van der Waals surface area contributed by atoms with Crippen LogP contribution in [0, 0.1) is 0 Å². The predicted molar refractivity (Wildman–Crippen MR) is 86.4 cm³/mol. The minimum atomic E-state index is -3.66. The second-order valence-corrected chi connectivity index (χ2v) is 7.40. The number of piperidine rings is 1. The molecule has 1 aromatic carbocycles. The van der Waals surface area contributed by atoms with Gasteiger partial charge in [0.2, 0.25) is 0 Å². The third kappa shape index (κ3) is 3.37. The van der Waals surface area contributed by atoms with Gasteiger partial charge in [0.05, 0.1) is 6.54 Å². The summed E-state index contributed by atoms with van der Waals surface area (Å²) in [6.07, 6.45) is 3.35. The van der Waals surface area contributed by atoms with E-state index in [4.69, 9.17) is 0 Å². The van der Waals surface area contributed by atoms with E-state index in [0.29, 0.717) is 11.4 Å². The van der Waals surface area contributed by atoms with Crippen molar-refractivity contribution in [2.24, 2.45) is 4.40 Å². The summed E-state index contributed by atoms with van der Waals surface area (Å²) in [6, 6.07) is 6.66. The van der Waals surface area contributed by atoms with Gasteiger partial charge in [0.15, 0.2) is 5.84 Å². The van der Waals surface area contributed by atoms with Crippen LogP contribution in [-0.2, 0) is 14.8 Å². The molecule has 1 aromatic rings. The highest BCUT2D eigenvalue weighted by atomic mass is 32.2. The van der Waals surface area contributed by atoms with Gasteiger partial charge in [-0.15, -0.1) is 4.40 Å². The Morgan fingerprint density at radius 2 is 1.96 bits per heavy atom. The average molecular weight is 336 g/mol. The first-order chi connectivity index (χ1) is 11.0. The summed E-state index contributed by atoms with van der Waals surface area (Å²) >= 11 is 0. The highest BCUT2D eigenvalue weighted by Crippen LogP contribution is 2.26. The minimum absolute atomic E-state index is 0.0547. The monoisotopic (exact) mass is 336 g/mol. The maximum atomic E-state index is 12.2. The molecule has 0 atom stereocenters. The summed E-state index contributed by atoms with van der Waals surface area (Å²) in [4.78, 5) is 13.9. The number of hydrazine groups is 1. The van der Waals surface area contributed by atoms with Crippen molar-refractivity contribution in [1.29, 1.82) is 0 Å². The molecule has 124 valence electrons. The Labute approximate surface area is 136 Å². The van der Waals surface area contributed by atoms with Crippen LogP contribution in [0.5, 0.6) is 0 Å². The lowest BCUT2D eigenvalue weighted by atomic mass is 10.2. The zero-order chi connectivity index (χ0) is 16.4. The summed E-state index contributed by atoms with van der Waals surface area (Å²) in [5.74, 6) is 0.147. The molecule has 23 heavy (non-hydrogen) atoms. The van der Waals surface area contributed by atoms with E-state index >= 15 is 0 Å². The molecule has 7 nitrogen and oxygen atoms in total. The Balaban J connectivity index is 1.69. The normalized spacial score (nSPS) is 19.8. The van der Waals surface area contributed by atoms with E-state index < -0.39 is 10.0 Å². The highest BCUT2D eigenvalue weighted by Gasteiger charge is 2.31. The van der Waals surface area contributed by atoms with Crippen molar-refractivity contribution in [2.75, 3.05) is 26.7 Å². The number of carbonyl (C=O) groups is 1. The van der Waals surface area contributed by atoms with Crippen LogP contribution in [-0.4, -0.2) is 56.8 Å². The lowest BCUT2D eigenvalue weighted by Crippen LogP contribution is -2.48. The van der Waals surface area contributed by atoms with E-state index in [1.165, 1.54) is 12.5 Å². The van der Waals surface area contributed by atoms with Crippen molar-refractivity contribution >= 4 is 21.8 Å². The van der Waals surface area contributed by atoms with E-state index in [2.05, 4.69) is 9.82 Å². The van der Waals surface area contributed by atoms with Crippen molar-refractivity contribution in [2.45, 2.75) is 24.2 Å². The molecule has 0 unspecified atom stereocenters. The number of nitrogens with zero attached hydrogens (tertiary/aromatic N) is 3. The summed E-state index contributed by atoms with van der Waals surface area (Å²) in [5.41, 5.74) is 3.41. The number of nitrogens with one attached hydrogen (secondary N) is 1. The number of amides is 1. The Hall–Kier alpha value is -1.93. The molecular weight excluding hydrogens is 316 g/mol. The maximum absolute atomic E-state index is 12.2. The van der Waals surface area contributed by atoms with Gasteiger partial charge in [-0.05, 0) is 25.0 Å². The lowest BCUT2D eigenvalue weighted by Gasteiger charge is -2.28. The van der Waals surface area contributed by atoms with Gasteiger partial charge in [-0.3, -0.25) is 10.2 Å². The number of sulfonamides is 1. The summed E-state index contributed by atoms with van der Waals surface area (Å²) in [6.45, 7) is 1.76. The van der Waals surface area contributed by atoms with Crippen LogP contribution >= 0.6 is 0 Å². The molecular formula is C15H20N4O3S. The number of rotatable bonds is 3. The van der Waals surface area contributed by atoms with Gasteiger partial charge >= 0.3 is 0 Å². The van der Waals surface area contributed by atoms with Crippen LogP contribution in [0.25, 0.3) is 0 Å². The number of likely N-dealkylation sites (N-methyl/N-ethyl adjacent to an activating group) is 1. The van der Waals surface area contributed by atoms with E-state index in [0.717, 1.165) is 25.9 Å². The van der Waals surface area contributed by atoms with Gasteiger partial charge in [0.1, 0.15) is 4.90 Å². The topological polar surface area (TPSA) is 82.1 Å². The van der Waals surface area contributed by atoms with Gasteiger partial charge in [-0.25, -0.2) is 5.01 Å². The zero-order valence-corrected chi connectivity index (χ0v) is 13.8. The Morgan fingerprint density at radius 1 is 1.26 bits per heavy atom. The van der Waals surface area contributed by atoms with Crippen LogP contribution in [0.4, 0.5) is 0 Å². The Kier molecular flexibility index (Phi) is 4.36. The maximum Gasteiger partial charge on any atom is 0.285 e. The smallest absolute Gasteiger partial charge is 0.285 e. The van der Waals surface area contributed by atoms with Crippen LogP contribution in [0.15, 0.2) is 33.6 Å². The molecule has 1 N–H and O–H groups in total. The fourth-order valence-electron chi connectivity index (χ4n) is 2.87. The molecule has 8 heteroatoms. The number of hydrogen-bond acceptors (Lipinski definition) is 5. The van der Waals surface area contributed by atoms with Crippen molar-refractivity contribution in [3.05, 3.63) is 29.8 Å². The molecule has 0 aromatic heterocycles. The molecule has 2 aliphatic rings. The van der Waals surface area contributed by atoms with Crippen LogP contribution in [0.2, 0.25) is 0 Å². The van der Waals surface area contributed by atoms with Crippen LogP contribution < -0.4 is 5.43 Å². The van der Waals surface area contributed by atoms with Gasteiger partial charge < -0.3 is 4.90 Å². The molecule has 2 heterocycles. The number of carbonyl (C=O) groups excluding carboxylic acids is 1. The van der Waals surface area contributed by atoms with E-state index in [1.54, 1.807) is 30.1 Å². The first-order valence-corrected chi connectivity index (χ1v) is 9.11. The van der Waals surface area contributed by atoms with Crippen LogP contribution in [0.3, 0.4) is 0 Å². The van der Waals surface area contributed by atoms with Crippen molar-refractivity contribution < 1.29 is 13.2 Å². The molecule has 2 aliphatic heterocycles. The standard InChI is InChI=1S/C15H20N4O3S/c1-18(11-14(20)16-19-9-5-2-6-10-19)15-12-7-3-4-8-13(12)23(21,22)17-15/h3-4,7-8H,2,5-6,9-11H2,1H3,(H,16,20). The second-order valence-electron chi connectivity index (χ2n) is 5.82. The van der Waals surface area contributed by atoms with Crippen molar-refractivity contribution in [1.82, 2.24) is 15.3 Å². The second kappa shape index (κ2) is 6.29. The Bertz CT molecular complexity index is 739. The molecule has 1 fully saturated rings. The summed E-state index contributed by atoms with van der Waals surface area (Å²) in [7, 11) is -1.99. The average Bonchev–Trinajstić information content (AvgIpc) is 2.80. The van der Waals surface area contributed by atoms with E-state index in [9.17, 15) is 13.2 Å². The van der Waals surface area contributed by atoms with Crippen molar-refractivity contribution in [3.63, 3.8) is 0 Å². The van der Waals surface area contributed by atoms with Crippen LogP contribution in [0.1, 0.15) is 24.8 Å². The SMILES string of the molecule is CN(CC(=O)NN1CCCCC1)C1=NS(=O)(=O)c2ccccc21. The number of benzene rings is 1. The third-order valence-corrected chi connectivity index (χ3v) is 5.32. The highest BCUT2D eigenvalue weighted by molar-refractivity contribution is 7.90.